The van der Waals surface area contributed by atoms with Crippen molar-refractivity contribution >= 4 is 11.8 Å². The molecule has 0 aliphatic carbocycles. The minimum absolute atomic E-state index is 0.0172. The number of ether oxygens (including phenoxy) is 1. The fraction of sp³-hybridized carbons (Fsp3) is 0.471. The Labute approximate surface area is 136 Å². The van der Waals surface area contributed by atoms with Crippen molar-refractivity contribution in [2.75, 3.05) is 19.7 Å². The van der Waals surface area contributed by atoms with Crippen LogP contribution < -0.4 is 10.1 Å². The molecule has 0 saturated carbocycles. The van der Waals surface area contributed by atoms with Gasteiger partial charge in [0.2, 0.25) is 5.91 Å². The maximum atomic E-state index is 11.9. The molecule has 0 bridgehead atoms. The number of piperidine rings is 1. The van der Waals surface area contributed by atoms with Gasteiger partial charge in [0.25, 0.3) is 5.91 Å². The summed E-state index contributed by atoms with van der Waals surface area (Å²) < 4.78 is 5.44. The van der Waals surface area contributed by atoms with E-state index in [0.717, 1.165) is 5.56 Å². The lowest BCUT2D eigenvalue weighted by Gasteiger charge is -2.32. The number of nitrogens with one attached hydrogen (secondary N) is 1. The van der Waals surface area contributed by atoms with E-state index in [1.807, 2.05) is 37.3 Å². The van der Waals surface area contributed by atoms with Crippen molar-refractivity contribution in [3.8, 4) is 11.8 Å². The molecule has 0 spiro atoms. The van der Waals surface area contributed by atoms with Gasteiger partial charge in [-0.25, -0.2) is 0 Å². The lowest BCUT2D eigenvalue weighted by atomic mass is 10.0. The molecule has 0 radical (unpaired) electrons. The van der Waals surface area contributed by atoms with Gasteiger partial charge < -0.3 is 15.0 Å². The zero-order valence-electron chi connectivity index (χ0n) is 13.2. The third kappa shape index (κ3) is 5.29. The SMILES string of the molecule is Cc1ccc(OCC(=O)NC2CCN(C(=O)CC#N)CC2)cc1. The highest BCUT2D eigenvalue weighted by Gasteiger charge is 2.23. The molecular weight excluding hydrogens is 294 g/mol. The van der Waals surface area contributed by atoms with E-state index < -0.39 is 0 Å². The molecule has 23 heavy (non-hydrogen) atoms. The molecule has 1 aliphatic heterocycles. The second-order valence-electron chi connectivity index (χ2n) is 5.66. The maximum absolute atomic E-state index is 11.9. The molecule has 1 aliphatic rings. The van der Waals surface area contributed by atoms with Crippen LogP contribution in [0.5, 0.6) is 5.75 Å². The van der Waals surface area contributed by atoms with E-state index in [2.05, 4.69) is 5.32 Å². The minimum Gasteiger partial charge on any atom is -0.484 e. The zero-order chi connectivity index (χ0) is 16.7. The predicted molar refractivity (Wildman–Crippen MR) is 84.6 cm³/mol. The summed E-state index contributed by atoms with van der Waals surface area (Å²) in [7, 11) is 0. The van der Waals surface area contributed by atoms with E-state index in [0.29, 0.717) is 31.7 Å². The van der Waals surface area contributed by atoms with Crippen LogP contribution in [0.25, 0.3) is 0 Å². The van der Waals surface area contributed by atoms with Crippen molar-refractivity contribution in [2.24, 2.45) is 0 Å². The van der Waals surface area contributed by atoms with E-state index in [1.165, 1.54) is 0 Å². The van der Waals surface area contributed by atoms with E-state index in [4.69, 9.17) is 10.00 Å². The second-order valence-corrected chi connectivity index (χ2v) is 5.66. The van der Waals surface area contributed by atoms with Crippen LogP contribution >= 0.6 is 0 Å². The highest BCUT2D eigenvalue weighted by Crippen LogP contribution is 2.13. The Bertz CT molecular complexity index is 584. The predicted octanol–water partition coefficient (Wildman–Crippen LogP) is 1.39. The molecule has 2 rings (SSSR count). The average molecular weight is 315 g/mol. The van der Waals surface area contributed by atoms with Gasteiger partial charge in [0, 0.05) is 19.1 Å². The van der Waals surface area contributed by atoms with E-state index in [-0.39, 0.29) is 30.9 Å². The van der Waals surface area contributed by atoms with Gasteiger partial charge in [0.1, 0.15) is 12.2 Å². The van der Waals surface area contributed by atoms with Gasteiger partial charge in [-0.1, -0.05) is 17.7 Å². The summed E-state index contributed by atoms with van der Waals surface area (Å²) in [5.41, 5.74) is 1.14. The van der Waals surface area contributed by atoms with Gasteiger partial charge in [0.05, 0.1) is 6.07 Å². The van der Waals surface area contributed by atoms with Crippen LogP contribution in [-0.2, 0) is 9.59 Å². The first kappa shape index (κ1) is 16.8. The lowest BCUT2D eigenvalue weighted by molar-refractivity contribution is -0.131. The van der Waals surface area contributed by atoms with Crippen molar-refractivity contribution in [1.29, 1.82) is 5.26 Å². The number of hydrogen-bond acceptors (Lipinski definition) is 4. The van der Waals surface area contributed by atoms with Crippen LogP contribution in [0.15, 0.2) is 24.3 Å². The summed E-state index contributed by atoms with van der Waals surface area (Å²) in [4.78, 5) is 25.2. The standard InChI is InChI=1S/C17H21N3O3/c1-13-2-4-15(5-3-13)23-12-16(21)19-14-7-10-20(11-8-14)17(22)6-9-18/h2-5,14H,6-8,10-12H2,1H3,(H,19,21). The third-order valence-electron chi connectivity index (χ3n) is 3.83. The molecular formula is C17H21N3O3. The van der Waals surface area contributed by atoms with E-state index >= 15 is 0 Å². The molecule has 1 fully saturated rings. The third-order valence-corrected chi connectivity index (χ3v) is 3.83. The molecule has 6 heteroatoms. The van der Waals surface area contributed by atoms with Crippen LogP contribution in [-0.4, -0.2) is 42.5 Å². The number of aryl methyl sites for hydroxylation is 1. The number of carbonyl (C=O) groups is 2. The normalized spacial score (nSPS) is 14.9. The molecule has 0 atom stereocenters. The lowest BCUT2D eigenvalue weighted by Crippen LogP contribution is -2.47. The highest BCUT2D eigenvalue weighted by atomic mass is 16.5. The summed E-state index contributed by atoms with van der Waals surface area (Å²) in [5.74, 6) is 0.370. The van der Waals surface area contributed by atoms with E-state index in [1.54, 1.807) is 4.90 Å². The molecule has 1 N–H and O–H groups in total. The van der Waals surface area contributed by atoms with Crippen LogP contribution in [0.4, 0.5) is 0 Å². The Morgan fingerprint density at radius 2 is 1.96 bits per heavy atom. The van der Waals surface area contributed by atoms with Crippen LogP contribution in [0.2, 0.25) is 0 Å². The average Bonchev–Trinajstić information content (AvgIpc) is 2.55. The van der Waals surface area contributed by atoms with Gasteiger partial charge in [-0.15, -0.1) is 0 Å². The first-order chi connectivity index (χ1) is 11.1. The smallest absolute Gasteiger partial charge is 0.258 e. The Morgan fingerprint density at radius 3 is 2.57 bits per heavy atom. The van der Waals surface area contributed by atoms with Crippen molar-refractivity contribution in [2.45, 2.75) is 32.2 Å². The second kappa shape index (κ2) is 8.18. The fourth-order valence-corrected chi connectivity index (χ4v) is 2.51. The Morgan fingerprint density at radius 1 is 1.30 bits per heavy atom. The summed E-state index contributed by atoms with van der Waals surface area (Å²) in [6.07, 6.45) is 1.32. The summed E-state index contributed by atoms with van der Waals surface area (Å²) in [6, 6.07) is 9.45. The molecule has 0 unspecified atom stereocenters. The van der Waals surface area contributed by atoms with Crippen molar-refractivity contribution in [1.82, 2.24) is 10.2 Å². The van der Waals surface area contributed by atoms with E-state index in [9.17, 15) is 9.59 Å². The van der Waals surface area contributed by atoms with Crippen molar-refractivity contribution < 1.29 is 14.3 Å². The molecule has 2 amide bonds. The summed E-state index contributed by atoms with van der Waals surface area (Å²) >= 11 is 0. The topological polar surface area (TPSA) is 82.4 Å². The van der Waals surface area contributed by atoms with Crippen molar-refractivity contribution in [3.63, 3.8) is 0 Å². The van der Waals surface area contributed by atoms with Crippen LogP contribution in [0, 0.1) is 18.3 Å². The molecule has 122 valence electrons. The number of carbonyl (C=O) groups excluding carboxylic acids is 2. The molecule has 6 nitrogen and oxygen atoms in total. The van der Waals surface area contributed by atoms with Gasteiger partial charge in [-0.3, -0.25) is 9.59 Å². The fourth-order valence-electron chi connectivity index (χ4n) is 2.51. The number of amides is 2. The maximum Gasteiger partial charge on any atom is 0.258 e. The number of benzene rings is 1. The molecule has 1 saturated heterocycles. The molecule has 0 aromatic heterocycles. The molecule has 1 aromatic carbocycles. The zero-order valence-corrected chi connectivity index (χ0v) is 13.2. The summed E-state index contributed by atoms with van der Waals surface area (Å²) in [6.45, 7) is 3.12. The minimum atomic E-state index is -0.160. The first-order valence-electron chi connectivity index (χ1n) is 7.72. The number of rotatable bonds is 5. The van der Waals surface area contributed by atoms with Crippen LogP contribution in [0.1, 0.15) is 24.8 Å². The Kier molecular flexibility index (Phi) is 5.98. The van der Waals surface area contributed by atoms with Gasteiger partial charge >= 0.3 is 0 Å². The molecule has 1 aromatic rings. The number of likely N-dealkylation sites (tertiary alicyclic amines) is 1. The number of nitrogens with zero attached hydrogens (tertiary/aromatic N) is 2. The van der Waals surface area contributed by atoms with Gasteiger partial charge in [0.15, 0.2) is 6.61 Å². The monoisotopic (exact) mass is 315 g/mol. The van der Waals surface area contributed by atoms with Gasteiger partial charge in [-0.05, 0) is 31.9 Å². The largest absolute Gasteiger partial charge is 0.484 e. The Balaban J connectivity index is 1.69. The quantitative estimate of drug-likeness (QED) is 0.890. The van der Waals surface area contributed by atoms with Crippen molar-refractivity contribution in [3.05, 3.63) is 29.8 Å². The summed E-state index contributed by atoms with van der Waals surface area (Å²) in [5, 5.41) is 11.5. The Hall–Kier alpha value is -2.55. The molecule has 1 heterocycles. The number of hydrogen-bond donors (Lipinski definition) is 1. The first-order valence-corrected chi connectivity index (χ1v) is 7.72. The highest BCUT2D eigenvalue weighted by molar-refractivity contribution is 5.79. The van der Waals surface area contributed by atoms with Gasteiger partial charge in [-0.2, -0.15) is 5.26 Å². The van der Waals surface area contributed by atoms with Crippen LogP contribution in [0.3, 0.4) is 0 Å². The number of nitriles is 1.